The van der Waals surface area contributed by atoms with Gasteiger partial charge in [-0.1, -0.05) is 173 Å². The molecule has 302 valence electrons. The highest BCUT2D eigenvalue weighted by Gasteiger charge is 2.27. The first kappa shape index (κ1) is 50.0. The summed E-state index contributed by atoms with van der Waals surface area (Å²) in [6.07, 6.45) is 39.6. The quantitative estimate of drug-likeness (QED) is 0.0252. The van der Waals surface area contributed by atoms with Crippen LogP contribution in [0.5, 0.6) is 0 Å². The van der Waals surface area contributed by atoms with Crippen molar-refractivity contribution in [3.8, 4) is 0 Å². The average molecular weight is 744 g/mol. The van der Waals surface area contributed by atoms with Crippen molar-refractivity contribution in [3.05, 3.63) is 24.3 Å². The molecule has 0 bridgehead atoms. The van der Waals surface area contributed by atoms with E-state index in [9.17, 15) is 19.4 Å². The van der Waals surface area contributed by atoms with Gasteiger partial charge < -0.3 is 19.8 Å². The molecule has 0 saturated heterocycles. The molecule has 1 amide bonds. The average Bonchev–Trinajstić information content (AvgIpc) is 3.07. The topological polar surface area (TPSA) is 105 Å². The lowest BCUT2D eigenvalue weighted by atomic mass is 10.0. The van der Waals surface area contributed by atoms with E-state index in [4.69, 9.17) is 9.05 Å². The molecule has 0 aliphatic rings. The monoisotopic (exact) mass is 744 g/mol. The first-order valence-corrected chi connectivity index (χ1v) is 22.7. The number of aliphatic hydroxyl groups excluding tert-OH is 1. The van der Waals surface area contributed by atoms with Crippen LogP contribution >= 0.6 is 7.82 Å². The predicted molar refractivity (Wildman–Crippen MR) is 217 cm³/mol. The predicted octanol–water partition coefficient (Wildman–Crippen LogP) is 11.4. The minimum atomic E-state index is -4.34. The Bertz CT molecular complexity index is 891. The van der Waals surface area contributed by atoms with E-state index >= 15 is 0 Å². The summed E-state index contributed by atoms with van der Waals surface area (Å²) < 4.78 is 23.5. The van der Waals surface area contributed by atoms with Crippen LogP contribution < -0.4 is 5.32 Å². The lowest BCUT2D eigenvalue weighted by Gasteiger charge is -2.25. The van der Waals surface area contributed by atoms with Gasteiger partial charge in [0.1, 0.15) is 13.2 Å². The van der Waals surface area contributed by atoms with E-state index in [1.165, 1.54) is 128 Å². The van der Waals surface area contributed by atoms with Crippen LogP contribution in [-0.2, 0) is 18.4 Å². The third-order valence-corrected chi connectivity index (χ3v) is 10.4. The van der Waals surface area contributed by atoms with Crippen LogP contribution in [0.1, 0.15) is 187 Å². The number of unbranched alkanes of at least 4 members (excludes halogenated alkanes) is 23. The summed E-state index contributed by atoms with van der Waals surface area (Å²) in [6, 6.07) is -0.856. The zero-order chi connectivity index (χ0) is 37.9. The van der Waals surface area contributed by atoms with Gasteiger partial charge in [-0.3, -0.25) is 13.8 Å². The number of carbonyl (C=O) groups excluding carboxylic acids is 1. The van der Waals surface area contributed by atoms with Crippen molar-refractivity contribution in [1.29, 1.82) is 0 Å². The van der Waals surface area contributed by atoms with Crippen LogP contribution in [-0.4, -0.2) is 73.4 Å². The molecule has 51 heavy (non-hydrogen) atoms. The van der Waals surface area contributed by atoms with Gasteiger partial charge in [-0.2, -0.15) is 0 Å². The Hall–Kier alpha value is -1.02. The number of quaternary nitrogens is 1. The Morgan fingerprint density at radius 1 is 0.647 bits per heavy atom. The maximum Gasteiger partial charge on any atom is 0.472 e. The second kappa shape index (κ2) is 34.7. The van der Waals surface area contributed by atoms with Gasteiger partial charge in [-0.25, -0.2) is 4.57 Å². The Morgan fingerprint density at radius 2 is 1.08 bits per heavy atom. The summed E-state index contributed by atoms with van der Waals surface area (Å²) in [5.74, 6) is -0.188. The van der Waals surface area contributed by atoms with E-state index in [1.807, 2.05) is 27.2 Å². The number of allylic oxidation sites excluding steroid dienone is 3. The van der Waals surface area contributed by atoms with Gasteiger partial charge in [0.25, 0.3) is 0 Å². The summed E-state index contributed by atoms with van der Waals surface area (Å²) in [5.41, 5.74) is 0. The van der Waals surface area contributed by atoms with Crippen LogP contribution in [0.3, 0.4) is 0 Å². The van der Waals surface area contributed by atoms with Gasteiger partial charge in [0.15, 0.2) is 0 Å². The third-order valence-electron chi connectivity index (χ3n) is 9.42. The molecule has 0 spiro atoms. The van der Waals surface area contributed by atoms with E-state index in [0.29, 0.717) is 17.4 Å². The van der Waals surface area contributed by atoms with Crippen molar-refractivity contribution >= 4 is 13.7 Å². The van der Waals surface area contributed by atoms with Crippen LogP contribution in [0.4, 0.5) is 0 Å². The number of carbonyl (C=O) groups is 1. The Labute approximate surface area is 315 Å². The lowest BCUT2D eigenvalue weighted by Crippen LogP contribution is -2.45. The number of hydrogen-bond acceptors (Lipinski definition) is 5. The number of aliphatic hydroxyl groups is 1. The Morgan fingerprint density at radius 3 is 1.57 bits per heavy atom. The number of nitrogens with zero attached hydrogens (tertiary/aromatic N) is 1. The van der Waals surface area contributed by atoms with Crippen LogP contribution in [0, 0.1) is 0 Å². The minimum absolute atomic E-state index is 0.0580. The molecule has 0 radical (unpaired) electrons. The minimum Gasteiger partial charge on any atom is -0.387 e. The van der Waals surface area contributed by atoms with E-state index in [2.05, 4.69) is 31.3 Å². The van der Waals surface area contributed by atoms with Crippen LogP contribution in [0.25, 0.3) is 0 Å². The van der Waals surface area contributed by atoms with E-state index < -0.39 is 20.0 Å². The van der Waals surface area contributed by atoms with E-state index in [0.717, 1.165) is 38.5 Å². The summed E-state index contributed by atoms with van der Waals surface area (Å²) in [6.45, 7) is 4.78. The van der Waals surface area contributed by atoms with E-state index in [-0.39, 0.29) is 19.1 Å². The molecule has 3 N–H and O–H groups in total. The number of likely N-dealkylation sites (N-methyl/N-ethyl adjacent to an activating group) is 1. The molecule has 0 heterocycles. The fourth-order valence-electron chi connectivity index (χ4n) is 6.00. The summed E-state index contributed by atoms with van der Waals surface area (Å²) in [4.78, 5) is 23.0. The molecule has 0 fully saturated rings. The standard InChI is InChI=1S/C42H83N2O6P/c1-6-8-10-12-14-16-18-20-21-22-23-24-25-27-29-31-33-35-41(45)40(39-50-51(47,48)49-38-37-44(3,4)5)43-42(46)36-34-32-30-28-26-19-17-15-13-11-9-7-2/h25,27,33,35,40-41,45H,6-24,26,28-32,34,36-39H2,1-5H3,(H-,43,46,47,48)/p+1/b27-25+,35-33+. The molecule has 0 aliphatic carbocycles. The maximum absolute atomic E-state index is 12.8. The third kappa shape index (κ3) is 37.1. The molecular formula is C42H84N2O6P+. The van der Waals surface area contributed by atoms with Gasteiger partial charge >= 0.3 is 7.82 Å². The van der Waals surface area contributed by atoms with Gasteiger partial charge in [0, 0.05) is 6.42 Å². The molecular weight excluding hydrogens is 659 g/mol. The molecule has 0 aliphatic heterocycles. The highest BCUT2D eigenvalue weighted by molar-refractivity contribution is 7.47. The first-order chi connectivity index (χ1) is 24.5. The summed E-state index contributed by atoms with van der Waals surface area (Å²) in [7, 11) is 1.56. The number of phosphoric ester groups is 1. The van der Waals surface area contributed by atoms with Crippen molar-refractivity contribution in [1.82, 2.24) is 5.32 Å². The van der Waals surface area contributed by atoms with E-state index in [1.54, 1.807) is 6.08 Å². The lowest BCUT2D eigenvalue weighted by molar-refractivity contribution is -0.870. The van der Waals surface area contributed by atoms with Crippen LogP contribution in [0.15, 0.2) is 24.3 Å². The second-order valence-electron chi connectivity index (χ2n) is 15.7. The number of nitrogens with one attached hydrogen (secondary N) is 1. The summed E-state index contributed by atoms with van der Waals surface area (Å²) in [5, 5.41) is 13.8. The second-order valence-corrected chi connectivity index (χ2v) is 17.2. The highest BCUT2D eigenvalue weighted by Crippen LogP contribution is 2.43. The van der Waals surface area contributed by atoms with Gasteiger partial charge in [0.05, 0.1) is 39.9 Å². The normalized spacial score (nSPS) is 14.7. The fraction of sp³-hybridized carbons (Fsp3) is 0.881. The zero-order valence-electron chi connectivity index (χ0n) is 34.1. The van der Waals surface area contributed by atoms with Crippen molar-refractivity contribution in [2.75, 3.05) is 40.9 Å². The Kier molecular flexibility index (Phi) is 34.0. The van der Waals surface area contributed by atoms with Crippen molar-refractivity contribution in [3.63, 3.8) is 0 Å². The SMILES string of the molecule is CCCCCCCCCCCCC/C=C/CC/C=C/C(O)C(COP(=O)(O)OCC[N+](C)(C)C)NC(=O)CCCCCCCCCCCCCC. The number of rotatable bonds is 38. The highest BCUT2D eigenvalue weighted by atomic mass is 31.2. The fourth-order valence-corrected chi connectivity index (χ4v) is 6.73. The number of phosphoric acid groups is 1. The first-order valence-electron chi connectivity index (χ1n) is 21.2. The van der Waals surface area contributed by atoms with Crippen molar-refractivity contribution in [2.24, 2.45) is 0 Å². The molecule has 0 rings (SSSR count). The van der Waals surface area contributed by atoms with Crippen LogP contribution in [0.2, 0.25) is 0 Å². The largest absolute Gasteiger partial charge is 0.472 e. The smallest absolute Gasteiger partial charge is 0.387 e. The zero-order valence-corrected chi connectivity index (χ0v) is 35.0. The molecule has 0 aromatic heterocycles. The van der Waals surface area contributed by atoms with Gasteiger partial charge in [-0.15, -0.1) is 0 Å². The molecule has 3 unspecified atom stereocenters. The molecule has 3 atom stereocenters. The van der Waals surface area contributed by atoms with Gasteiger partial charge in [-0.05, 0) is 32.1 Å². The van der Waals surface area contributed by atoms with Gasteiger partial charge in [0.2, 0.25) is 5.91 Å². The molecule has 8 nitrogen and oxygen atoms in total. The number of amides is 1. The molecule has 0 saturated carbocycles. The number of hydrogen-bond donors (Lipinski definition) is 3. The maximum atomic E-state index is 12.8. The Balaban J connectivity index is 4.50. The van der Waals surface area contributed by atoms with Crippen molar-refractivity contribution < 1.29 is 32.9 Å². The van der Waals surface area contributed by atoms with Crippen molar-refractivity contribution in [2.45, 2.75) is 199 Å². The molecule has 0 aromatic rings. The molecule has 9 heteroatoms. The molecule has 0 aromatic carbocycles. The summed E-state index contributed by atoms with van der Waals surface area (Å²) >= 11 is 0.